The van der Waals surface area contributed by atoms with Gasteiger partial charge in [-0.3, -0.25) is 4.90 Å². The molecule has 4 nitrogen and oxygen atoms in total. The van der Waals surface area contributed by atoms with E-state index in [1.165, 1.54) is 70.8 Å². The molecule has 3 rings (SSSR count). The Morgan fingerprint density at radius 1 is 1.00 bits per heavy atom. The molecule has 0 amide bonds. The molecule has 1 N–H and O–H groups in total. The third kappa shape index (κ3) is 5.85. The van der Waals surface area contributed by atoms with Crippen LogP contribution in [0.1, 0.15) is 18.4 Å². The monoisotopic (exact) mass is 330 g/mol. The van der Waals surface area contributed by atoms with Crippen LogP contribution in [0.15, 0.2) is 30.3 Å². The second-order valence-corrected chi connectivity index (χ2v) is 7.56. The van der Waals surface area contributed by atoms with Crippen molar-refractivity contribution in [3.05, 3.63) is 35.9 Å². The zero-order valence-corrected chi connectivity index (χ0v) is 15.3. The first-order valence-electron chi connectivity index (χ1n) is 9.67. The summed E-state index contributed by atoms with van der Waals surface area (Å²) in [6.07, 6.45) is 2.73. The van der Waals surface area contributed by atoms with Crippen LogP contribution in [0, 0.1) is 5.92 Å². The second kappa shape index (κ2) is 9.52. The molecule has 4 heteroatoms. The van der Waals surface area contributed by atoms with Crippen molar-refractivity contribution in [2.45, 2.75) is 19.4 Å². The number of nitrogens with one attached hydrogen (secondary N) is 1. The number of nitrogens with zero attached hydrogens (tertiary/aromatic N) is 3. The highest BCUT2D eigenvalue weighted by Crippen LogP contribution is 2.14. The Kier molecular flexibility index (Phi) is 7.09. The molecule has 0 radical (unpaired) electrons. The lowest BCUT2D eigenvalue weighted by Gasteiger charge is -2.37. The van der Waals surface area contributed by atoms with E-state index in [-0.39, 0.29) is 0 Å². The predicted molar refractivity (Wildman–Crippen MR) is 101 cm³/mol. The summed E-state index contributed by atoms with van der Waals surface area (Å²) in [6.45, 7) is 12.2. The van der Waals surface area contributed by atoms with Gasteiger partial charge in [0.1, 0.15) is 0 Å². The first kappa shape index (κ1) is 17.9. The Balaban J connectivity index is 1.30. The molecule has 134 valence electrons. The largest absolute Gasteiger partial charge is 0.317 e. The van der Waals surface area contributed by atoms with Gasteiger partial charge in [0.15, 0.2) is 0 Å². The molecule has 1 aromatic carbocycles. The van der Waals surface area contributed by atoms with Gasteiger partial charge in [0.25, 0.3) is 0 Å². The Hall–Kier alpha value is -0.940. The van der Waals surface area contributed by atoms with Crippen LogP contribution in [0.25, 0.3) is 0 Å². The third-order valence-electron chi connectivity index (χ3n) is 5.53. The van der Waals surface area contributed by atoms with Gasteiger partial charge in [0, 0.05) is 52.4 Å². The van der Waals surface area contributed by atoms with Crippen LogP contribution in [-0.2, 0) is 6.54 Å². The molecular formula is C20H34N4. The first-order chi connectivity index (χ1) is 11.8. The van der Waals surface area contributed by atoms with Crippen molar-refractivity contribution in [3.63, 3.8) is 0 Å². The van der Waals surface area contributed by atoms with Crippen molar-refractivity contribution >= 4 is 0 Å². The van der Waals surface area contributed by atoms with Crippen LogP contribution in [0.3, 0.4) is 0 Å². The summed E-state index contributed by atoms with van der Waals surface area (Å²) in [5.74, 6) is 0.926. The molecular weight excluding hydrogens is 296 g/mol. The fourth-order valence-corrected chi connectivity index (χ4v) is 3.91. The average Bonchev–Trinajstić information content (AvgIpc) is 2.63. The van der Waals surface area contributed by atoms with Crippen LogP contribution in [-0.4, -0.2) is 80.7 Å². The van der Waals surface area contributed by atoms with Crippen molar-refractivity contribution in [1.82, 2.24) is 20.0 Å². The van der Waals surface area contributed by atoms with Gasteiger partial charge >= 0.3 is 0 Å². The van der Waals surface area contributed by atoms with Gasteiger partial charge in [0.2, 0.25) is 0 Å². The lowest BCUT2D eigenvalue weighted by Crippen LogP contribution is -2.49. The van der Waals surface area contributed by atoms with Crippen molar-refractivity contribution in [1.29, 1.82) is 0 Å². The lowest BCUT2D eigenvalue weighted by molar-refractivity contribution is 0.103. The molecule has 0 unspecified atom stereocenters. The molecule has 24 heavy (non-hydrogen) atoms. The molecule has 0 aliphatic carbocycles. The Morgan fingerprint density at radius 2 is 1.67 bits per heavy atom. The van der Waals surface area contributed by atoms with Gasteiger partial charge in [-0.05, 0) is 44.5 Å². The van der Waals surface area contributed by atoms with Gasteiger partial charge in [-0.1, -0.05) is 30.3 Å². The molecule has 2 aliphatic rings. The van der Waals surface area contributed by atoms with Gasteiger partial charge < -0.3 is 15.1 Å². The number of likely N-dealkylation sites (N-methyl/N-ethyl adjacent to an activating group) is 1. The third-order valence-corrected chi connectivity index (χ3v) is 5.53. The molecule has 0 atom stereocenters. The predicted octanol–water partition coefficient (Wildman–Crippen LogP) is 1.74. The number of benzene rings is 1. The van der Waals surface area contributed by atoms with Crippen LogP contribution >= 0.6 is 0 Å². The van der Waals surface area contributed by atoms with Crippen LogP contribution in [0.5, 0.6) is 0 Å². The highest BCUT2D eigenvalue weighted by Gasteiger charge is 2.21. The van der Waals surface area contributed by atoms with Crippen molar-refractivity contribution in [2.24, 2.45) is 5.92 Å². The van der Waals surface area contributed by atoms with Crippen molar-refractivity contribution < 1.29 is 0 Å². The van der Waals surface area contributed by atoms with Gasteiger partial charge in [-0.2, -0.15) is 0 Å². The summed E-state index contributed by atoms with van der Waals surface area (Å²) >= 11 is 0. The lowest BCUT2D eigenvalue weighted by atomic mass is 9.97. The van der Waals surface area contributed by atoms with Crippen molar-refractivity contribution in [3.8, 4) is 0 Å². The molecule has 2 aliphatic heterocycles. The van der Waals surface area contributed by atoms with Crippen LogP contribution in [0.2, 0.25) is 0 Å². The normalized spacial score (nSPS) is 21.4. The Labute approximate surface area is 147 Å². The maximum Gasteiger partial charge on any atom is 0.0231 e. The number of piperidine rings is 1. The van der Waals surface area contributed by atoms with E-state index < -0.39 is 0 Å². The van der Waals surface area contributed by atoms with E-state index >= 15 is 0 Å². The molecule has 0 saturated carbocycles. The van der Waals surface area contributed by atoms with E-state index in [1.807, 2.05) is 0 Å². The quantitative estimate of drug-likeness (QED) is 0.822. The fourth-order valence-electron chi connectivity index (χ4n) is 3.91. The summed E-state index contributed by atoms with van der Waals surface area (Å²) in [6, 6.07) is 10.8. The minimum absolute atomic E-state index is 0.926. The van der Waals surface area contributed by atoms with Crippen LogP contribution < -0.4 is 5.32 Å². The fraction of sp³-hybridized carbons (Fsp3) is 0.700. The average molecular weight is 331 g/mol. The molecule has 0 aromatic heterocycles. The summed E-state index contributed by atoms with van der Waals surface area (Å²) in [5, 5.41) is 3.47. The molecule has 1 aromatic rings. The highest BCUT2D eigenvalue weighted by atomic mass is 15.3. The SMILES string of the molecule is CN(CCN1CCN(CC2CCNCC2)CC1)Cc1ccccc1. The standard InChI is InChI=1S/C20H34N4/c1-22(17-19-5-3-2-4-6-19)11-12-23-13-15-24(16-14-23)18-20-7-9-21-10-8-20/h2-6,20-21H,7-18H2,1H3. The molecule has 0 bridgehead atoms. The second-order valence-electron chi connectivity index (χ2n) is 7.56. The van der Waals surface area contributed by atoms with Crippen molar-refractivity contribution in [2.75, 3.05) is 66.0 Å². The van der Waals surface area contributed by atoms with Gasteiger partial charge in [-0.25, -0.2) is 0 Å². The zero-order valence-electron chi connectivity index (χ0n) is 15.3. The van der Waals surface area contributed by atoms with Crippen LogP contribution in [0.4, 0.5) is 0 Å². The van der Waals surface area contributed by atoms with Gasteiger partial charge in [-0.15, -0.1) is 0 Å². The number of hydrogen-bond acceptors (Lipinski definition) is 4. The topological polar surface area (TPSA) is 21.8 Å². The molecule has 2 saturated heterocycles. The van der Waals surface area contributed by atoms with E-state index in [0.717, 1.165) is 19.0 Å². The summed E-state index contributed by atoms with van der Waals surface area (Å²) in [4.78, 5) is 7.78. The zero-order chi connectivity index (χ0) is 16.6. The Bertz CT molecular complexity index is 450. The minimum Gasteiger partial charge on any atom is -0.317 e. The highest BCUT2D eigenvalue weighted by molar-refractivity contribution is 5.14. The molecule has 2 heterocycles. The van der Waals surface area contributed by atoms with E-state index in [4.69, 9.17) is 0 Å². The van der Waals surface area contributed by atoms with E-state index in [9.17, 15) is 0 Å². The molecule has 0 spiro atoms. The number of hydrogen-bond donors (Lipinski definition) is 1. The minimum atomic E-state index is 0.926. The van der Waals surface area contributed by atoms with E-state index in [1.54, 1.807) is 0 Å². The number of piperazine rings is 1. The van der Waals surface area contributed by atoms with Gasteiger partial charge in [0.05, 0.1) is 0 Å². The van der Waals surface area contributed by atoms with E-state index in [2.05, 4.69) is 57.4 Å². The smallest absolute Gasteiger partial charge is 0.0231 e. The first-order valence-corrected chi connectivity index (χ1v) is 9.67. The summed E-state index contributed by atoms with van der Waals surface area (Å²) in [5.41, 5.74) is 1.41. The Morgan fingerprint density at radius 3 is 2.38 bits per heavy atom. The number of rotatable bonds is 7. The molecule has 2 fully saturated rings. The van der Waals surface area contributed by atoms with E-state index in [0.29, 0.717) is 0 Å². The maximum absolute atomic E-state index is 3.47. The maximum atomic E-state index is 3.47. The summed E-state index contributed by atoms with van der Waals surface area (Å²) < 4.78 is 0. The summed E-state index contributed by atoms with van der Waals surface area (Å²) in [7, 11) is 2.24.